The van der Waals surface area contributed by atoms with Crippen LogP contribution >= 0.6 is 0 Å². The van der Waals surface area contributed by atoms with Crippen molar-refractivity contribution in [3.8, 4) is 11.4 Å². The molecule has 2 aromatic carbocycles. The van der Waals surface area contributed by atoms with Gasteiger partial charge in [-0.1, -0.05) is 36.4 Å². The summed E-state index contributed by atoms with van der Waals surface area (Å²) in [5.74, 6) is 2.91. The van der Waals surface area contributed by atoms with E-state index in [0.717, 1.165) is 18.3 Å². The lowest BCUT2D eigenvalue weighted by atomic mass is 10.0. The Morgan fingerprint density at radius 1 is 1.00 bits per heavy atom. The molecule has 1 saturated carbocycles. The minimum atomic E-state index is -0.332. The molecule has 2 aromatic heterocycles. The summed E-state index contributed by atoms with van der Waals surface area (Å²) in [5.41, 5.74) is 4.02. The van der Waals surface area contributed by atoms with Crippen molar-refractivity contribution in [1.29, 1.82) is 0 Å². The van der Waals surface area contributed by atoms with E-state index >= 15 is 0 Å². The lowest BCUT2D eigenvalue weighted by molar-refractivity contribution is 0.629. The van der Waals surface area contributed by atoms with Crippen molar-refractivity contribution in [2.45, 2.75) is 12.3 Å². The number of rotatable bonds is 4. The van der Waals surface area contributed by atoms with Gasteiger partial charge in [0, 0.05) is 6.54 Å². The normalized spacial score (nSPS) is 22.1. The first-order chi connectivity index (χ1) is 13.8. The van der Waals surface area contributed by atoms with E-state index < -0.39 is 0 Å². The predicted octanol–water partition coefficient (Wildman–Crippen LogP) is 3.93. The lowest BCUT2D eigenvalue weighted by Gasteiger charge is -2.09. The number of fused-ring (bicyclic) bond motifs is 4. The number of hydrogen-bond acceptors (Lipinski definition) is 4. The number of nitrogens with zero attached hydrogens (tertiary/aromatic N) is 4. The zero-order chi connectivity index (χ0) is 18.7. The van der Waals surface area contributed by atoms with Crippen LogP contribution < -0.4 is 5.32 Å². The summed E-state index contributed by atoms with van der Waals surface area (Å²) in [6, 6.07) is 19.1. The second kappa shape index (κ2) is 5.86. The first-order valence-corrected chi connectivity index (χ1v) is 9.58. The summed E-state index contributed by atoms with van der Waals surface area (Å²) in [4.78, 5) is 0. The Hall–Kier alpha value is -3.28. The summed E-state index contributed by atoms with van der Waals surface area (Å²) >= 11 is 0. The molecule has 5 nitrogen and oxygen atoms in total. The molecule has 0 spiro atoms. The Bertz CT molecular complexity index is 1200. The van der Waals surface area contributed by atoms with Gasteiger partial charge in [-0.05, 0) is 59.6 Å². The molecule has 0 bridgehead atoms. The fraction of sp³-hybridized carbons (Fsp3) is 0.227. The fourth-order valence-corrected chi connectivity index (χ4v) is 4.68. The van der Waals surface area contributed by atoms with Gasteiger partial charge in [0.15, 0.2) is 11.5 Å². The first-order valence-electron chi connectivity index (χ1n) is 9.58. The van der Waals surface area contributed by atoms with Crippen molar-refractivity contribution in [3.63, 3.8) is 0 Å². The molecule has 3 unspecified atom stereocenters. The predicted molar refractivity (Wildman–Crippen MR) is 105 cm³/mol. The fourth-order valence-electron chi connectivity index (χ4n) is 4.68. The monoisotopic (exact) mass is 371 g/mol. The van der Waals surface area contributed by atoms with Gasteiger partial charge in [0.2, 0.25) is 0 Å². The molecule has 6 rings (SSSR count). The van der Waals surface area contributed by atoms with Crippen LogP contribution in [0, 0.1) is 17.7 Å². The van der Waals surface area contributed by atoms with Crippen LogP contribution in [-0.2, 0) is 6.42 Å². The van der Waals surface area contributed by atoms with Crippen molar-refractivity contribution in [3.05, 3.63) is 77.6 Å². The summed E-state index contributed by atoms with van der Waals surface area (Å²) < 4.78 is 15.8. The molecule has 3 atom stereocenters. The highest BCUT2D eigenvalue weighted by Gasteiger charge is 2.54. The van der Waals surface area contributed by atoms with Crippen molar-refractivity contribution in [2.75, 3.05) is 11.9 Å². The lowest BCUT2D eigenvalue weighted by Crippen LogP contribution is -2.10. The Morgan fingerprint density at radius 3 is 2.79 bits per heavy atom. The van der Waals surface area contributed by atoms with Gasteiger partial charge in [0.1, 0.15) is 11.6 Å². The SMILES string of the molecule is Fc1ccccc1-c1nnc2ccc(NCC3C4Cc5ccccc5C34)nn12. The quantitative estimate of drug-likeness (QED) is 0.591. The smallest absolute Gasteiger partial charge is 0.188 e. The van der Waals surface area contributed by atoms with Gasteiger partial charge in [0.05, 0.1) is 5.56 Å². The van der Waals surface area contributed by atoms with E-state index in [9.17, 15) is 4.39 Å². The molecule has 1 fully saturated rings. The number of hydrogen-bond donors (Lipinski definition) is 1. The van der Waals surface area contributed by atoms with E-state index in [1.807, 2.05) is 12.1 Å². The number of benzene rings is 2. The Morgan fingerprint density at radius 2 is 1.86 bits per heavy atom. The van der Waals surface area contributed by atoms with Crippen LogP contribution in [-0.4, -0.2) is 26.4 Å². The molecular weight excluding hydrogens is 353 g/mol. The Labute approximate surface area is 161 Å². The first kappa shape index (κ1) is 15.7. The second-order valence-electron chi connectivity index (χ2n) is 7.63. The average molecular weight is 371 g/mol. The van der Waals surface area contributed by atoms with Gasteiger partial charge in [0.25, 0.3) is 0 Å². The molecular formula is C22H18FN5. The van der Waals surface area contributed by atoms with E-state index in [4.69, 9.17) is 0 Å². The van der Waals surface area contributed by atoms with Crippen LogP contribution in [0.2, 0.25) is 0 Å². The molecule has 28 heavy (non-hydrogen) atoms. The molecule has 0 amide bonds. The minimum absolute atomic E-state index is 0.332. The van der Waals surface area contributed by atoms with Gasteiger partial charge >= 0.3 is 0 Å². The highest BCUT2D eigenvalue weighted by atomic mass is 19.1. The maximum absolute atomic E-state index is 14.2. The Kier molecular flexibility index (Phi) is 3.29. The maximum atomic E-state index is 14.2. The average Bonchev–Trinajstić information content (AvgIpc) is 3.06. The van der Waals surface area contributed by atoms with Gasteiger partial charge in [-0.25, -0.2) is 4.39 Å². The minimum Gasteiger partial charge on any atom is -0.368 e. The van der Waals surface area contributed by atoms with Crippen molar-refractivity contribution >= 4 is 11.5 Å². The molecule has 138 valence electrons. The summed E-state index contributed by atoms with van der Waals surface area (Å²) in [6.45, 7) is 0.888. The second-order valence-corrected chi connectivity index (χ2v) is 7.63. The third kappa shape index (κ3) is 2.34. The molecule has 0 aliphatic heterocycles. The summed E-state index contributed by atoms with van der Waals surface area (Å²) in [5, 5.41) is 16.3. The zero-order valence-corrected chi connectivity index (χ0v) is 15.1. The topological polar surface area (TPSA) is 55.1 Å². The number of anilines is 1. The molecule has 6 heteroatoms. The van der Waals surface area contributed by atoms with Crippen LogP contribution in [0.25, 0.3) is 17.0 Å². The van der Waals surface area contributed by atoms with Crippen LogP contribution in [0.3, 0.4) is 0 Å². The van der Waals surface area contributed by atoms with Gasteiger partial charge < -0.3 is 5.32 Å². The highest BCUT2D eigenvalue weighted by molar-refractivity contribution is 5.60. The number of halogens is 1. The van der Waals surface area contributed by atoms with Crippen molar-refractivity contribution < 1.29 is 4.39 Å². The van der Waals surface area contributed by atoms with E-state index in [1.165, 1.54) is 23.6 Å². The number of nitrogens with one attached hydrogen (secondary N) is 1. The summed E-state index contributed by atoms with van der Waals surface area (Å²) in [6.07, 6.45) is 1.18. The summed E-state index contributed by atoms with van der Waals surface area (Å²) in [7, 11) is 0. The van der Waals surface area contributed by atoms with Crippen LogP contribution in [0.15, 0.2) is 60.7 Å². The maximum Gasteiger partial charge on any atom is 0.188 e. The van der Waals surface area contributed by atoms with Gasteiger partial charge in [-0.15, -0.1) is 15.3 Å². The van der Waals surface area contributed by atoms with Crippen molar-refractivity contribution in [2.24, 2.45) is 11.8 Å². The largest absolute Gasteiger partial charge is 0.368 e. The van der Waals surface area contributed by atoms with E-state index in [-0.39, 0.29) is 5.82 Å². The molecule has 2 heterocycles. The molecule has 0 radical (unpaired) electrons. The molecule has 4 aromatic rings. The van der Waals surface area contributed by atoms with Crippen LogP contribution in [0.4, 0.5) is 10.2 Å². The van der Waals surface area contributed by atoms with E-state index in [1.54, 1.807) is 22.7 Å². The Balaban J connectivity index is 1.24. The standard InChI is InChI=1S/C22H18FN5/c23-18-8-4-3-7-15(18)22-26-25-20-10-9-19(27-28(20)22)24-12-17-16-11-13-5-1-2-6-14(13)21(16)17/h1-10,16-17,21H,11-12H2,(H,24,27). The van der Waals surface area contributed by atoms with E-state index in [0.29, 0.717) is 28.9 Å². The zero-order valence-electron chi connectivity index (χ0n) is 15.1. The molecule has 2 aliphatic carbocycles. The molecule has 1 N–H and O–H groups in total. The highest BCUT2D eigenvalue weighted by Crippen LogP contribution is 2.61. The molecule has 0 saturated heterocycles. The van der Waals surface area contributed by atoms with Crippen molar-refractivity contribution in [1.82, 2.24) is 19.8 Å². The third-order valence-electron chi connectivity index (χ3n) is 6.10. The van der Waals surface area contributed by atoms with Gasteiger partial charge in [-0.2, -0.15) is 4.52 Å². The van der Waals surface area contributed by atoms with Crippen LogP contribution in [0.1, 0.15) is 17.0 Å². The number of aromatic nitrogens is 4. The van der Waals surface area contributed by atoms with Crippen LogP contribution in [0.5, 0.6) is 0 Å². The van der Waals surface area contributed by atoms with Gasteiger partial charge in [-0.3, -0.25) is 0 Å². The molecule has 2 aliphatic rings. The van der Waals surface area contributed by atoms with E-state index in [2.05, 4.69) is 44.9 Å². The third-order valence-corrected chi connectivity index (χ3v) is 6.10.